The van der Waals surface area contributed by atoms with Crippen molar-refractivity contribution in [2.24, 2.45) is 0 Å². The largest absolute Gasteiger partial charge is 0.450 e. The molecule has 9 heteroatoms. The zero-order valence-electron chi connectivity index (χ0n) is 19.6. The van der Waals surface area contributed by atoms with E-state index in [1.807, 2.05) is 0 Å². The lowest BCUT2D eigenvalue weighted by molar-refractivity contribution is 0.0927. The Kier molecular flexibility index (Phi) is 7.73. The number of likely N-dealkylation sites (tertiary alicyclic amines) is 1. The van der Waals surface area contributed by atoms with Gasteiger partial charge in [0.2, 0.25) is 10.0 Å². The van der Waals surface area contributed by atoms with Gasteiger partial charge in [0.15, 0.2) is 0 Å². The first kappa shape index (κ1) is 24.5. The maximum absolute atomic E-state index is 13.3. The molecule has 0 radical (unpaired) electrons. The van der Waals surface area contributed by atoms with Crippen LogP contribution in [0.2, 0.25) is 0 Å². The fraction of sp³-hybridized carbons (Fsp3) is 0.520. The van der Waals surface area contributed by atoms with Crippen LogP contribution < -0.4 is 10.0 Å². The summed E-state index contributed by atoms with van der Waals surface area (Å²) in [6.45, 7) is 2.95. The van der Waals surface area contributed by atoms with E-state index in [-0.39, 0.29) is 29.0 Å². The van der Waals surface area contributed by atoms with E-state index in [0.29, 0.717) is 48.9 Å². The number of fused-ring (bicyclic) bond motifs is 1. The molecule has 0 atom stereocenters. The quantitative estimate of drug-likeness (QED) is 0.645. The van der Waals surface area contributed by atoms with Gasteiger partial charge in [0, 0.05) is 36.1 Å². The number of carbonyl (C=O) groups is 2. The Bertz CT molecular complexity index is 1140. The third kappa shape index (κ3) is 5.52. The van der Waals surface area contributed by atoms with Crippen molar-refractivity contribution in [3.63, 3.8) is 0 Å². The van der Waals surface area contributed by atoms with Gasteiger partial charge in [0.05, 0.1) is 11.5 Å². The third-order valence-corrected chi connectivity index (χ3v) is 8.28. The van der Waals surface area contributed by atoms with Crippen LogP contribution in [0.15, 0.2) is 41.3 Å². The summed E-state index contributed by atoms with van der Waals surface area (Å²) in [4.78, 5) is 26.7. The lowest BCUT2D eigenvalue weighted by Crippen LogP contribution is -2.46. The van der Waals surface area contributed by atoms with Crippen molar-refractivity contribution < 1.29 is 22.7 Å². The number of piperidine rings is 1. The standard InChI is InChI=1S/C25H33N3O5S/c1-2-33-25(30)28-16-14-19(15-17-28)27-34(31,32)23-13-7-10-20-21(23)11-6-12-22(20)24(29)26-18-8-4-3-5-9-18/h6-7,10-13,18-19,27H,2-5,8-9,14-17H2,1H3,(H,26,29). The summed E-state index contributed by atoms with van der Waals surface area (Å²) in [6, 6.07) is 10.2. The minimum absolute atomic E-state index is 0.158. The molecule has 1 saturated carbocycles. The smallest absolute Gasteiger partial charge is 0.409 e. The number of sulfonamides is 1. The molecule has 2 aromatic carbocycles. The molecular weight excluding hydrogens is 454 g/mol. The molecule has 2 N–H and O–H groups in total. The minimum atomic E-state index is -3.82. The van der Waals surface area contributed by atoms with Crippen LogP contribution in [0.3, 0.4) is 0 Å². The molecular formula is C25H33N3O5S. The van der Waals surface area contributed by atoms with Gasteiger partial charge in [0.1, 0.15) is 0 Å². The second-order valence-corrected chi connectivity index (χ2v) is 10.7. The maximum atomic E-state index is 13.3. The highest BCUT2D eigenvalue weighted by Gasteiger charge is 2.28. The van der Waals surface area contributed by atoms with Crippen LogP contribution in [0.4, 0.5) is 4.79 Å². The highest BCUT2D eigenvalue weighted by atomic mass is 32.2. The molecule has 2 amide bonds. The van der Waals surface area contributed by atoms with Gasteiger partial charge in [-0.2, -0.15) is 0 Å². The number of hydrogen-bond acceptors (Lipinski definition) is 5. The number of nitrogens with zero attached hydrogens (tertiary/aromatic N) is 1. The van der Waals surface area contributed by atoms with Gasteiger partial charge in [-0.3, -0.25) is 4.79 Å². The van der Waals surface area contributed by atoms with Crippen LogP contribution in [-0.4, -0.2) is 57.1 Å². The molecule has 1 aliphatic carbocycles. The highest BCUT2D eigenvalue weighted by Crippen LogP contribution is 2.27. The van der Waals surface area contributed by atoms with Crippen LogP contribution >= 0.6 is 0 Å². The number of carbonyl (C=O) groups excluding carboxylic acids is 2. The van der Waals surface area contributed by atoms with Crippen LogP contribution in [0.1, 0.15) is 62.2 Å². The second kappa shape index (κ2) is 10.7. The first-order valence-corrected chi connectivity index (χ1v) is 13.6. The van der Waals surface area contributed by atoms with Crippen LogP contribution in [0.25, 0.3) is 10.8 Å². The molecule has 0 aromatic heterocycles. The van der Waals surface area contributed by atoms with E-state index in [2.05, 4.69) is 10.0 Å². The van der Waals surface area contributed by atoms with Crippen molar-refractivity contribution >= 4 is 32.8 Å². The van der Waals surface area contributed by atoms with Gasteiger partial charge in [-0.25, -0.2) is 17.9 Å². The molecule has 4 rings (SSSR count). The fourth-order valence-corrected chi connectivity index (χ4v) is 6.43. The summed E-state index contributed by atoms with van der Waals surface area (Å²) < 4.78 is 34.5. The molecule has 1 saturated heterocycles. The van der Waals surface area contributed by atoms with Crippen LogP contribution in [-0.2, 0) is 14.8 Å². The highest BCUT2D eigenvalue weighted by molar-refractivity contribution is 7.89. The number of rotatable bonds is 6. The second-order valence-electron chi connectivity index (χ2n) is 9.05. The molecule has 2 fully saturated rings. The predicted octanol–water partition coefficient (Wildman–Crippen LogP) is 3.80. The van der Waals surface area contributed by atoms with Crippen molar-refractivity contribution in [2.45, 2.75) is 68.8 Å². The Balaban J connectivity index is 1.51. The average molecular weight is 488 g/mol. The zero-order valence-corrected chi connectivity index (χ0v) is 20.4. The van der Waals surface area contributed by atoms with Gasteiger partial charge in [-0.05, 0) is 50.1 Å². The average Bonchev–Trinajstić information content (AvgIpc) is 2.84. The van der Waals surface area contributed by atoms with Crippen LogP contribution in [0.5, 0.6) is 0 Å². The summed E-state index contributed by atoms with van der Waals surface area (Å²) in [7, 11) is -3.82. The topological polar surface area (TPSA) is 105 Å². The van der Waals surface area contributed by atoms with Crippen LogP contribution in [0, 0.1) is 0 Å². The molecule has 0 spiro atoms. The molecule has 184 valence electrons. The van der Waals surface area contributed by atoms with Gasteiger partial charge >= 0.3 is 6.09 Å². The Labute approximate surface area is 201 Å². The van der Waals surface area contributed by atoms with Gasteiger partial charge in [-0.15, -0.1) is 0 Å². The monoisotopic (exact) mass is 487 g/mol. The Morgan fingerprint density at radius 2 is 1.62 bits per heavy atom. The molecule has 1 aliphatic heterocycles. The van der Waals surface area contributed by atoms with Gasteiger partial charge in [-0.1, -0.05) is 43.5 Å². The minimum Gasteiger partial charge on any atom is -0.450 e. The van der Waals surface area contributed by atoms with E-state index < -0.39 is 10.0 Å². The molecule has 8 nitrogen and oxygen atoms in total. The number of nitrogens with one attached hydrogen (secondary N) is 2. The maximum Gasteiger partial charge on any atom is 0.409 e. The van der Waals surface area contributed by atoms with E-state index in [9.17, 15) is 18.0 Å². The first-order valence-electron chi connectivity index (χ1n) is 12.2. The fourth-order valence-electron chi connectivity index (χ4n) is 4.90. The summed E-state index contributed by atoms with van der Waals surface area (Å²) in [5, 5.41) is 4.27. The van der Waals surface area contributed by atoms with Crippen molar-refractivity contribution in [1.29, 1.82) is 0 Å². The first-order chi connectivity index (χ1) is 16.4. The zero-order chi connectivity index (χ0) is 24.1. The molecule has 2 aromatic rings. The van der Waals surface area contributed by atoms with Crippen molar-refractivity contribution in [1.82, 2.24) is 14.9 Å². The number of benzene rings is 2. The molecule has 0 bridgehead atoms. The summed E-state index contributed by atoms with van der Waals surface area (Å²) >= 11 is 0. The van der Waals surface area contributed by atoms with E-state index in [1.54, 1.807) is 48.2 Å². The molecule has 2 aliphatic rings. The van der Waals surface area contributed by atoms with Gasteiger partial charge < -0.3 is 15.0 Å². The molecule has 0 unspecified atom stereocenters. The molecule has 1 heterocycles. The van der Waals surface area contributed by atoms with E-state index in [4.69, 9.17) is 4.74 Å². The third-order valence-electron chi connectivity index (χ3n) is 6.70. The lowest BCUT2D eigenvalue weighted by atomic mass is 9.95. The lowest BCUT2D eigenvalue weighted by Gasteiger charge is -2.31. The van der Waals surface area contributed by atoms with E-state index in [0.717, 1.165) is 25.7 Å². The van der Waals surface area contributed by atoms with Crippen molar-refractivity contribution in [2.75, 3.05) is 19.7 Å². The summed E-state index contributed by atoms with van der Waals surface area (Å²) in [6.07, 6.45) is 6.06. The number of hydrogen-bond donors (Lipinski definition) is 2. The number of ether oxygens (including phenoxy) is 1. The van der Waals surface area contributed by atoms with E-state index in [1.165, 1.54) is 6.42 Å². The Hall–Kier alpha value is -2.65. The Morgan fingerprint density at radius 3 is 2.32 bits per heavy atom. The predicted molar refractivity (Wildman–Crippen MR) is 130 cm³/mol. The number of amides is 2. The van der Waals surface area contributed by atoms with Gasteiger partial charge in [0.25, 0.3) is 5.91 Å². The van der Waals surface area contributed by atoms with Crippen molar-refractivity contribution in [3.05, 3.63) is 42.0 Å². The SMILES string of the molecule is CCOC(=O)N1CCC(NS(=O)(=O)c2cccc3c(C(=O)NC4CCCCC4)cccc23)CC1. The van der Waals surface area contributed by atoms with Crippen molar-refractivity contribution in [3.8, 4) is 0 Å². The summed E-state index contributed by atoms with van der Waals surface area (Å²) in [5.74, 6) is -0.161. The normalized spacial score (nSPS) is 18.1. The van der Waals surface area contributed by atoms with E-state index >= 15 is 0 Å². The molecule has 34 heavy (non-hydrogen) atoms. The summed E-state index contributed by atoms with van der Waals surface area (Å²) in [5.41, 5.74) is 0.489. The Morgan fingerprint density at radius 1 is 0.941 bits per heavy atom.